The summed E-state index contributed by atoms with van der Waals surface area (Å²) in [6.45, 7) is 0.255. The first-order valence-corrected chi connectivity index (χ1v) is 4.51. The second-order valence-corrected chi connectivity index (χ2v) is 3.27. The van der Waals surface area contributed by atoms with Crippen molar-refractivity contribution in [3.8, 4) is 0 Å². The first kappa shape index (κ1) is 9.18. The van der Waals surface area contributed by atoms with Crippen molar-refractivity contribution in [1.82, 2.24) is 9.97 Å². The number of benzene rings is 1. The highest BCUT2D eigenvalue weighted by Crippen LogP contribution is 2.24. The van der Waals surface area contributed by atoms with Crippen molar-refractivity contribution < 1.29 is 0 Å². The summed E-state index contributed by atoms with van der Waals surface area (Å²) >= 11 is 5.97. The van der Waals surface area contributed by atoms with Crippen molar-refractivity contribution in [2.45, 2.75) is 6.54 Å². The first-order chi connectivity index (χ1) is 6.72. The van der Waals surface area contributed by atoms with Crippen LogP contribution in [0.3, 0.4) is 0 Å². The molecule has 0 unspecified atom stereocenters. The molecule has 1 aromatic heterocycles. The molecule has 0 radical (unpaired) electrons. The van der Waals surface area contributed by atoms with Gasteiger partial charge in [0.25, 0.3) is 0 Å². The summed E-state index contributed by atoms with van der Waals surface area (Å²) in [7, 11) is 0. The van der Waals surface area contributed by atoms with Crippen LogP contribution in [0.15, 0.2) is 18.2 Å². The molecule has 5 heteroatoms. The van der Waals surface area contributed by atoms with Gasteiger partial charge in [0, 0.05) is 5.39 Å². The average Bonchev–Trinajstić information content (AvgIpc) is 2.19. The summed E-state index contributed by atoms with van der Waals surface area (Å²) in [6.07, 6.45) is 0. The molecule has 0 spiro atoms. The molecule has 4 nitrogen and oxygen atoms in total. The molecule has 14 heavy (non-hydrogen) atoms. The van der Waals surface area contributed by atoms with Crippen LogP contribution in [0, 0.1) is 0 Å². The normalized spacial score (nSPS) is 10.7. The van der Waals surface area contributed by atoms with Gasteiger partial charge >= 0.3 is 0 Å². The summed E-state index contributed by atoms with van der Waals surface area (Å²) in [4.78, 5) is 8.25. The monoisotopic (exact) mass is 208 g/mol. The Morgan fingerprint density at radius 2 is 2.07 bits per heavy atom. The summed E-state index contributed by atoms with van der Waals surface area (Å²) in [5.74, 6) is 0.918. The number of hydrogen-bond acceptors (Lipinski definition) is 4. The van der Waals surface area contributed by atoms with Crippen molar-refractivity contribution in [2.24, 2.45) is 5.73 Å². The van der Waals surface area contributed by atoms with Gasteiger partial charge in [0.05, 0.1) is 17.1 Å². The Morgan fingerprint density at radius 3 is 2.79 bits per heavy atom. The highest BCUT2D eigenvalue weighted by atomic mass is 35.5. The van der Waals surface area contributed by atoms with Crippen LogP contribution in [0.1, 0.15) is 5.82 Å². The molecule has 0 amide bonds. The molecule has 0 aliphatic carbocycles. The second kappa shape index (κ2) is 3.40. The van der Waals surface area contributed by atoms with Crippen LogP contribution in [-0.4, -0.2) is 9.97 Å². The number of aromatic nitrogens is 2. The van der Waals surface area contributed by atoms with Crippen molar-refractivity contribution in [1.29, 1.82) is 0 Å². The molecule has 2 aromatic rings. The quantitative estimate of drug-likeness (QED) is 0.741. The fraction of sp³-hybridized carbons (Fsp3) is 0.111. The van der Waals surface area contributed by atoms with Crippen molar-refractivity contribution in [3.05, 3.63) is 29.0 Å². The number of rotatable bonds is 1. The molecule has 4 N–H and O–H groups in total. The lowest BCUT2D eigenvalue weighted by Crippen LogP contribution is -2.06. The van der Waals surface area contributed by atoms with Crippen LogP contribution in [0.25, 0.3) is 10.9 Å². The smallest absolute Gasteiger partial charge is 0.145 e. The molecule has 0 fully saturated rings. The van der Waals surface area contributed by atoms with E-state index in [1.54, 1.807) is 6.07 Å². The summed E-state index contributed by atoms with van der Waals surface area (Å²) in [6, 6.07) is 5.40. The molecule has 1 heterocycles. The molecule has 1 aromatic carbocycles. The van der Waals surface area contributed by atoms with E-state index in [1.807, 2.05) is 12.1 Å². The van der Waals surface area contributed by atoms with Gasteiger partial charge in [-0.1, -0.05) is 17.7 Å². The summed E-state index contributed by atoms with van der Waals surface area (Å²) < 4.78 is 0. The molecule has 0 atom stereocenters. The zero-order valence-electron chi connectivity index (χ0n) is 7.37. The lowest BCUT2D eigenvalue weighted by Gasteiger charge is -2.04. The molecule has 0 aliphatic rings. The lowest BCUT2D eigenvalue weighted by molar-refractivity contribution is 0.931. The first-order valence-electron chi connectivity index (χ1n) is 4.13. The van der Waals surface area contributed by atoms with E-state index >= 15 is 0 Å². The largest absolute Gasteiger partial charge is 0.383 e. The Morgan fingerprint density at radius 1 is 1.29 bits per heavy atom. The van der Waals surface area contributed by atoms with Gasteiger partial charge in [-0.25, -0.2) is 9.97 Å². The lowest BCUT2D eigenvalue weighted by atomic mass is 10.2. The maximum atomic E-state index is 5.97. The third-order valence-corrected chi connectivity index (χ3v) is 2.24. The maximum Gasteiger partial charge on any atom is 0.145 e. The van der Waals surface area contributed by atoms with Gasteiger partial charge in [0.2, 0.25) is 0 Å². The van der Waals surface area contributed by atoms with Gasteiger partial charge in [0.15, 0.2) is 0 Å². The van der Waals surface area contributed by atoms with Gasteiger partial charge in [-0.15, -0.1) is 0 Å². The Kier molecular flexibility index (Phi) is 2.23. The van der Waals surface area contributed by atoms with Crippen molar-refractivity contribution >= 4 is 28.3 Å². The van der Waals surface area contributed by atoms with Crippen LogP contribution in [0.2, 0.25) is 5.02 Å². The number of fused-ring (bicyclic) bond motifs is 1. The highest BCUT2D eigenvalue weighted by Gasteiger charge is 2.06. The van der Waals surface area contributed by atoms with Crippen LogP contribution in [0.4, 0.5) is 5.82 Å². The number of nitrogen functional groups attached to an aromatic ring is 1. The van der Waals surface area contributed by atoms with Crippen LogP contribution >= 0.6 is 11.6 Å². The molecule has 2 rings (SSSR count). The SMILES string of the molecule is NCc1nc(N)c2cccc(Cl)c2n1. The van der Waals surface area contributed by atoms with Crippen molar-refractivity contribution in [2.75, 3.05) is 5.73 Å². The van der Waals surface area contributed by atoms with E-state index in [0.29, 0.717) is 22.2 Å². The van der Waals surface area contributed by atoms with E-state index in [2.05, 4.69) is 9.97 Å². The van der Waals surface area contributed by atoms with Crippen LogP contribution < -0.4 is 11.5 Å². The second-order valence-electron chi connectivity index (χ2n) is 2.87. The third-order valence-electron chi connectivity index (χ3n) is 1.94. The Labute approximate surface area is 85.9 Å². The third kappa shape index (κ3) is 1.38. The standard InChI is InChI=1S/C9H9ClN4/c10-6-3-1-2-5-8(6)13-7(4-11)14-9(5)12/h1-3H,4,11H2,(H2,12,13,14). The number of hydrogen-bond donors (Lipinski definition) is 2. The van der Waals surface area contributed by atoms with E-state index in [4.69, 9.17) is 23.1 Å². The van der Waals surface area contributed by atoms with E-state index < -0.39 is 0 Å². The van der Waals surface area contributed by atoms with E-state index in [0.717, 1.165) is 5.39 Å². The Bertz CT molecular complexity index is 483. The minimum absolute atomic E-state index is 0.255. The Balaban J connectivity index is 2.83. The molecule has 0 aliphatic heterocycles. The van der Waals surface area contributed by atoms with Crippen molar-refractivity contribution in [3.63, 3.8) is 0 Å². The Hall–Kier alpha value is -1.39. The zero-order chi connectivity index (χ0) is 10.1. The number of nitrogens with two attached hydrogens (primary N) is 2. The predicted molar refractivity (Wildman–Crippen MR) is 56.9 cm³/mol. The van der Waals surface area contributed by atoms with Gasteiger partial charge in [-0.2, -0.15) is 0 Å². The molecule has 0 saturated carbocycles. The van der Waals surface area contributed by atoms with E-state index in [-0.39, 0.29) is 6.54 Å². The zero-order valence-corrected chi connectivity index (χ0v) is 8.12. The highest BCUT2D eigenvalue weighted by molar-refractivity contribution is 6.35. The number of halogens is 1. The van der Waals surface area contributed by atoms with Crippen LogP contribution in [-0.2, 0) is 6.54 Å². The molecular formula is C9H9ClN4. The van der Waals surface area contributed by atoms with E-state index in [1.165, 1.54) is 0 Å². The number of nitrogens with zero attached hydrogens (tertiary/aromatic N) is 2. The number of para-hydroxylation sites is 1. The summed E-state index contributed by atoms with van der Waals surface area (Å²) in [5, 5.41) is 1.32. The minimum atomic E-state index is 0.255. The fourth-order valence-electron chi connectivity index (χ4n) is 1.28. The topological polar surface area (TPSA) is 77.8 Å². The minimum Gasteiger partial charge on any atom is -0.383 e. The molecule has 0 saturated heterocycles. The molecule has 0 bridgehead atoms. The molecule has 72 valence electrons. The van der Waals surface area contributed by atoms with Gasteiger partial charge < -0.3 is 11.5 Å². The van der Waals surface area contributed by atoms with E-state index in [9.17, 15) is 0 Å². The predicted octanol–water partition coefficient (Wildman–Crippen LogP) is 1.32. The fourth-order valence-corrected chi connectivity index (χ4v) is 1.50. The molecular weight excluding hydrogens is 200 g/mol. The maximum absolute atomic E-state index is 5.97. The average molecular weight is 209 g/mol. The van der Waals surface area contributed by atoms with Gasteiger partial charge in [0.1, 0.15) is 11.6 Å². The van der Waals surface area contributed by atoms with Gasteiger partial charge in [-0.05, 0) is 12.1 Å². The summed E-state index contributed by atoms with van der Waals surface area (Å²) in [5.41, 5.74) is 11.8. The van der Waals surface area contributed by atoms with Crippen LogP contribution in [0.5, 0.6) is 0 Å². The number of anilines is 1. The van der Waals surface area contributed by atoms with Gasteiger partial charge in [-0.3, -0.25) is 0 Å².